The SMILES string of the molecule is Cc1ccc(N2CCN(S(=O)(=O)c3cccc(Cl)c3)CC2)nn1. The van der Waals surface area contributed by atoms with Crippen LogP contribution in [0, 0.1) is 6.92 Å². The van der Waals surface area contributed by atoms with Gasteiger partial charge in [-0.3, -0.25) is 0 Å². The third-order valence-electron chi connectivity index (χ3n) is 3.78. The van der Waals surface area contributed by atoms with E-state index in [4.69, 9.17) is 11.6 Å². The van der Waals surface area contributed by atoms with Crippen LogP contribution in [0.15, 0.2) is 41.3 Å². The quantitative estimate of drug-likeness (QED) is 0.844. The van der Waals surface area contributed by atoms with Crippen molar-refractivity contribution in [3.8, 4) is 0 Å². The molecule has 2 heterocycles. The van der Waals surface area contributed by atoms with Gasteiger partial charge in [0.15, 0.2) is 5.82 Å². The number of hydrogen-bond donors (Lipinski definition) is 0. The second kappa shape index (κ2) is 6.43. The molecule has 2 aromatic rings. The van der Waals surface area contributed by atoms with E-state index < -0.39 is 10.0 Å². The van der Waals surface area contributed by atoms with E-state index in [-0.39, 0.29) is 4.90 Å². The lowest BCUT2D eigenvalue weighted by molar-refractivity contribution is 0.383. The van der Waals surface area contributed by atoms with Crippen LogP contribution in [0.5, 0.6) is 0 Å². The van der Waals surface area contributed by atoms with Crippen molar-refractivity contribution in [3.05, 3.63) is 47.1 Å². The molecule has 1 aromatic heterocycles. The molecule has 1 fully saturated rings. The Hall–Kier alpha value is -1.70. The molecule has 0 bridgehead atoms. The first-order valence-electron chi connectivity index (χ1n) is 7.28. The van der Waals surface area contributed by atoms with Gasteiger partial charge in [0.05, 0.1) is 10.6 Å². The lowest BCUT2D eigenvalue weighted by Crippen LogP contribution is -2.49. The van der Waals surface area contributed by atoms with E-state index in [1.54, 1.807) is 18.2 Å². The first-order chi connectivity index (χ1) is 11.0. The summed E-state index contributed by atoms with van der Waals surface area (Å²) in [5.74, 6) is 0.774. The Morgan fingerprint density at radius 1 is 1.04 bits per heavy atom. The second-order valence-corrected chi connectivity index (χ2v) is 7.76. The van der Waals surface area contributed by atoms with Crippen LogP contribution in [-0.4, -0.2) is 49.1 Å². The number of rotatable bonds is 3. The smallest absolute Gasteiger partial charge is 0.243 e. The molecular formula is C15H17ClN4O2S. The topological polar surface area (TPSA) is 66.4 Å². The molecule has 0 amide bonds. The van der Waals surface area contributed by atoms with Gasteiger partial charge in [0.1, 0.15) is 0 Å². The maximum Gasteiger partial charge on any atom is 0.243 e. The largest absolute Gasteiger partial charge is 0.352 e. The Labute approximate surface area is 140 Å². The number of sulfonamides is 1. The molecule has 1 aromatic carbocycles. The van der Waals surface area contributed by atoms with Crippen molar-refractivity contribution < 1.29 is 8.42 Å². The molecule has 0 saturated carbocycles. The zero-order valence-electron chi connectivity index (χ0n) is 12.7. The molecule has 8 heteroatoms. The van der Waals surface area contributed by atoms with E-state index in [1.807, 2.05) is 24.0 Å². The minimum Gasteiger partial charge on any atom is -0.352 e. The van der Waals surface area contributed by atoms with Crippen molar-refractivity contribution in [1.82, 2.24) is 14.5 Å². The Balaban J connectivity index is 1.72. The fourth-order valence-corrected chi connectivity index (χ4v) is 4.22. The van der Waals surface area contributed by atoms with Crippen LogP contribution in [0.25, 0.3) is 0 Å². The minimum absolute atomic E-state index is 0.230. The van der Waals surface area contributed by atoms with Gasteiger partial charge in [-0.05, 0) is 37.3 Å². The van der Waals surface area contributed by atoms with Crippen molar-refractivity contribution in [1.29, 1.82) is 0 Å². The predicted molar refractivity (Wildman–Crippen MR) is 89.2 cm³/mol. The van der Waals surface area contributed by atoms with E-state index in [0.717, 1.165) is 11.5 Å². The van der Waals surface area contributed by atoms with Crippen molar-refractivity contribution in [2.75, 3.05) is 31.1 Å². The second-order valence-electron chi connectivity index (χ2n) is 5.38. The standard InChI is InChI=1S/C15H17ClN4O2S/c1-12-5-6-15(18-17-12)19-7-9-20(10-8-19)23(21,22)14-4-2-3-13(16)11-14/h2-6,11H,7-10H2,1H3. The first-order valence-corrected chi connectivity index (χ1v) is 9.09. The third kappa shape index (κ3) is 3.46. The fourth-order valence-electron chi connectivity index (χ4n) is 2.49. The van der Waals surface area contributed by atoms with Crippen LogP contribution >= 0.6 is 11.6 Å². The summed E-state index contributed by atoms with van der Waals surface area (Å²) < 4.78 is 26.8. The zero-order valence-corrected chi connectivity index (χ0v) is 14.3. The van der Waals surface area contributed by atoms with Crippen LogP contribution in [0.3, 0.4) is 0 Å². The lowest BCUT2D eigenvalue weighted by atomic mass is 10.3. The minimum atomic E-state index is -3.51. The predicted octanol–water partition coefficient (Wildman–Crippen LogP) is 1.95. The average molecular weight is 353 g/mol. The molecule has 122 valence electrons. The van der Waals surface area contributed by atoms with Gasteiger partial charge in [-0.15, -0.1) is 5.10 Å². The van der Waals surface area contributed by atoms with Crippen LogP contribution in [0.1, 0.15) is 5.69 Å². The number of piperazine rings is 1. The van der Waals surface area contributed by atoms with Crippen molar-refractivity contribution in [3.63, 3.8) is 0 Å². The van der Waals surface area contributed by atoms with Gasteiger partial charge in [0.25, 0.3) is 0 Å². The van der Waals surface area contributed by atoms with E-state index >= 15 is 0 Å². The highest BCUT2D eigenvalue weighted by Gasteiger charge is 2.29. The molecule has 1 aliphatic heterocycles. The van der Waals surface area contributed by atoms with Gasteiger partial charge in [0.2, 0.25) is 10.0 Å². The van der Waals surface area contributed by atoms with Crippen LogP contribution in [0.4, 0.5) is 5.82 Å². The first kappa shape index (κ1) is 16.2. The molecule has 0 unspecified atom stereocenters. The monoisotopic (exact) mass is 352 g/mol. The molecule has 23 heavy (non-hydrogen) atoms. The molecule has 6 nitrogen and oxygen atoms in total. The van der Waals surface area contributed by atoms with Gasteiger partial charge in [-0.2, -0.15) is 9.40 Å². The summed E-state index contributed by atoms with van der Waals surface area (Å²) in [7, 11) is -3.51. The summed E-state index contributed by atoms with van der Waals surface area (Å²) in [5, 5.41) is 8.61. The number of aryl methyl sites for hydroxylation is 1. The van der Waals surface area contributed by atoms with Crippen LogP contribution < -0.4 is 4.90 Å². The highest BCUT2D eigenvalue weighted by molar-refractivity contribution is 7.89. The van der Waals surface area contributed by atoms with Gasteiger partial charge in [-0.25, -0.2) is 8.42 Å². The summed E-state index contributed by atoms with van der Waals surface area (Å²) >= 11 is 5.90. The Bertz CT molecular complexity index is 787. The Morgan fingerprint density at radius 3 is 2.39 bits per heavy atom. The molecule has 0 radical (unpaired) electrons. The van der Waals surface area contributed by atoms with Crippen LogP contribution in [-0.2, 0) is 10.0 Å². The summed E-state index contributed by atoms with van der Waals surface area (Å²) in [4.78, 5) is 2.27. The number of hydrogen-bond acceptors (Lipinski definition) is 5. The van der Waals surface area contributed by atoms with Gasteiger partial charge >= 0.3 is 0 Å². The molecule has 0 atom stereocenters. The number of halogens is 1. The zero-order chi connectivity index (χ0) is 16.4. The normalized spacial score (nSPS) is 16.5. The van der Waals surface area contributed by atoms with Gasteiger partial charge < -0.3 is 4.90 Å². The van der Waals surface area contributed by atoms with Crippen LogP contribution in [0.2, 0.25) is 5.02 Å². The summed E-state index contributed by atoms with van der Waals surface area (Å²) in [5.41, 5.74) is 0.857. The van der Waals surface area contributed by atoms with Crippen molar-refractivity contribution >= 4 is 27.4 Å². The third-order valence-corrected chi connectivity index (χ3v) is 5.91. The summed E-state index contributed by atoms with van der Waals surface area (Å²) in [6.45, 7) is 3.86. The molecule has 0 aliphatic carbocycles. The summed E-state index contributed by atoms with van der Waals surface area (Å²) in [6.07, 6.45) is 0. The van der Waals surface area contributed by atoms with Gasteiger partial charge in [-0.1, -0.05) is 17.7 Å². The van der Waals surface area contributed by atoms with Crippen molar-refractivity contribution in [2.45, 2.75) is 11.8 Å². The molecule has 1 aliphatic rings. The molecule has 1 saturated heterocycles. The lowest BCUT2D eigenvalue weighted by Gasteiger charge is -2.34. The number of aromatic nitrogens is 2. The molecule has 0 spiro atoms. The maximum absolute atomic E-state index is 12.6. The fraction of sp³-hybridized carbons (Fsp3) is 0.333. The molecular weight excluding hydrogens is 336 g/mol. The van der Waals surface area contributed by atoms with E-state index in [2.05, 4.69) is 10.2 Å². The molecule has 0 N–H and O–H groups in total. The average Bonchev–Trinajstić information content (AvgIpc) is 2.56. The highest BCUT2D eigenvalue weighted by Crippen LogP contribution is 2.22. The Morgan fingerprint density at radius 2 is 1.78 bits per heavy atom. The van der Waals surface area contributed by atoms with E-state index in [9.17, 15) is 8.42 Å². The number of anilines is 1. The molecule has 3 rings (SSSR count). The van der Waals surface area contributed by atoms with E-state index in [1.165, 1.54) is 10.4 Å². The van der Waals surface area contributed by atoms with Gasteiger partial charge in [0, 0.05) is 31.2 Å². The van der Waals surface area contributed by atoms with E-state index in [0.29, 0.717) is 31.2 Å². The summed E-state index contributed by atoms with van der Waals surface area (Å²) in [6, 6.07) is 10.2. The maximum atomic E-state index is 12.6. The number of nitrogens with zero attached hydrogens (tertiary/aromatic N) is 4. The van der Waals surface area contributed by atoms with Crippen molar-refractivity contribution in [2.24, 2.45) is 0 Å². The Kier molecular flexibility index (Phi) is 4.52. The highest BCUT2D eigenvalue weighted by atomic mass is 35.5. The number of benzene rings is 1.